The number of rotatable bonds is 0. The van der Waals surface area contributed by atoms with Gasteiger partial charge in [-0.05, 0) is 43.4 Å². The molecule has 0 aromatic heterocycles. The van der Waals surface area contributed by atoms with E-state index in [1.54, 1.807) is 0 Å². The molecule has 4 atom stereocenters. The van der Waals surface area contributed by atoms with Crippen molar-refractivity contribution >= 4 is 5.78 Å². The average molecular weight is 222 g/mol. The minimum atomic E-state index is -0.234. The van der Waals surface area contributed by atoms with Gasteiger partial charge in [0.1, 0.15) is 5.78 Å². The molecule has 3 saturated carbocycles. The van der Waals surface area contributed by atoms with Gasteiger partial charge in [0.15, 0.2) is 0 Å². The Hall–Kier alpha value is -0.370. The van der Waals surface area contributed by atoms with Gasteiger partial charge in [0.05, 0.1) is 6.10 Å². The second-order valence-corrected chi connectivity index (χ2v) is 7.25. The first-order valence-electron chi connectivity index (χ1n) is 6.55. The lowest BCUT2D eigenvalue weighted by atomic mass is 9.66. The van der Waals surface area contributed by atoms with Crippen LogP contribution < -0.4 is 0 Å². The molecule has 0 amide bonds. The highest BCUT2D eigenvalue weighted by Crippen LogP contribution is 2.72. The van der Waals surface area contributed by atoms with E-state index >= 15 is 0 Å². The van der Waals surface area contributed by atoms with Crippen LogP contribution >= 0.6 is 0 Å². The molecule has 1 unspecified atom stereocenters. The van der Waals surface area contributed by atoms with Crippen LogP contribution in [-0.2, 0) is 4.79 Å². The van der Waals surface area contributed by atoms with Gasteiger partial charge in [-0.25, -0.2) is 0 Å². The van der Waals surface area contributed by atoms with E-state index in [2.05, 4.69) is 20.8 Å². The number of hydrogen-bond acceptors (Lipinski definition) is 2. The molecule has 1 spiro atoms. The van der Waals surface area contributed by atoms with Crippen molar-refractivity contribution in [2.75, 3.05) is 0 Å². The van der Waals surface area contributed by atoms with E-state index in [4.69, 9.17) is 0 Å². The molecule has 3 rings (SSSR count). The van der Waals surface area contributed by atoms with Crippen LogP contribution in [0.1, 0.15) is 52.9 Å². The summed E-state index contributed by atoms with van der Waals surface area (Å²) >= 11 is 0. The van der Waals surface area contributed by atoms with Crippen LogP contribution in [0, 0.1) is 22.2 Å². The molecule has 3 fully saturated rings. The third kappa shape index (κ3) is 0.958. The van der Waals surface area contributed by atoms with Crippen molar-refractivity contribution < 1.29 is 9.90 Å². The highest BCUT2D eigenvalue weighted by Gasteiger charge is 2.72. The lowest BCUT2D eigenvalue weighted by Crippen LogP contribution is -2.39. The molecule has 2 heteroatoms. The average Bonchev–Trinajstić information content (AvgIpc) is 2.65. The Morgan fingerprint density at radius 2 is 2.00 bits per heavy atom. The number of carbonyl (C=O) groups excluding carboxylic acids is 1. The Labute approximate surface area is 97.4 Å². The zero-order valence-corrected chi connectivity index (χ0v) is 10.5. The quantitative estimate of drug-likeness (QED) is 0.684. The summed E-state index contributed by atoms with van der Waals surface area (Å²) in [5.41, 5.74) is -0.177. The molecule has 0 radical (unpaired) electrons. The van der Waals surface area contributed by atoms with Gasteiger partial charge in [-0.2, -0.15) is 0 Å². The minimum Gasteiger partial charge on any atom is -0.393 e. The fraction of sp³-hybridized carbons (Fsp3) is 0.929. The summed E-state index contributed by atoms with van der Waals surface area (Å²) in [6, 6.07) is 0. The largest absolute Gasteiger partial charge is 0.393 e. The molecule has 0 heterocycles. The van der Waals surface area contributed by atoms with E-state index in [9.17, 15) is 9.90 Å². The summed E-state index contributed by atoms with van der Waals surface area (Å²) in [5, 5.41) is 9.93. The molecule has 0 aromatic carbocycles. The van der Waals surface area contributed by atoms with Crippen LogP contribution in [0.3, 0.4) is 0 Å². The number of Topliss-reactive ketones (excluding diaryl/α,β-unsaturated/α-hetero) is 1. The predicted octanol–water partition coefficient (Wildman–Crippen LogP) is 2.54. The van der Waals surface area contributed by atoms with Gasteiger partial charge in [-0.15, -0.1) is 0 Å². The predicted molar refractivity (Wildman–Crippen MR) is 61.9 cm³/mol. The molecule has 16 heavy (non-hydrogen) atoms. The van der Waals surface area contributed by atoms with Gasteiger partial charge in [-0.3, -0.25) is 4.79 Å². The van der Waals surface area contributed by atoms with Gasteiger partial charge in [0, 0.05) is 10.8 Å². The van der Waals surface area contributed by atoms with Crippen molar-refractivity contribution in [3.8, 4) is 0 Å². The van der Waals surface area contributed by atoms with Crippen molar-refractivity contribution in [2.24, 2.45) is 22.2 Å². The Kier molecular flexibility index (Phi) is 1.83. The maximum Gasteiger partial charge on any atom is 0.145 e. The van der Waals surface area contributed by atoms with Gasteiger partial charge in [-0.1, -0.05) is 20.8 Å². The van der Waals surface area contributed by atoms with E-state index < -0.39 is 0 Å². The third-order valence-electron chi connectivity index (χ3n) is 5.78. The molecule has 0 aliphatic heterocycles. The van der Waals surface area contributed by atoms with Crippen LogP contribution in [-0.4, -0.2) is 17.0 Å². The van der Waals surface area contributed by atoms with E-state index in [-0.39, 0.29) is 22.3 Å². The van der Waals surface area contributed by atoms with Crippen LogP contribution in [0.2, 0.25) is 0 Å². The lowest BCUT2D eigenvalue weighted by Gasteiger charge is -2.36. The maximum absolute atomic E-state index is 12.8. The van der Waals surface area contributed by atoms with Crippen LogP contribution in [0.15, 0.2) is 0 Å². The highest BCUT2D eigenvalue weighted by atomic mass is 16.3. The first-order valence-corrected chi connectivity index (χ1v) is 6.55. The maximum atomic E-state index is 12.8. The summed E-state index contributed by atoms with van der Waals surface area (Å²) < 4.78 is 0. The molecule has 2 nitrogen and oxygen atoms in total. The van der Waals surface area contributed by atoms with Crippen LogP contribution in [0.5, 0.6) is 0 Å². The first-order chi connectivity index (χ1) is 7.32. The number of hydrogen-bond donors (Lipinski definition) is 1. The summed E-state index contributed by atoms with van der Waals surface area (Å²) in [6.07, 6.45) is 4.70. The normalized spacial score (nSPS) is 54.1. The highest BCUT2D eigenvalue weighted by molar-refractivity contribution is 5.94. The third-order valence-corrected chi connectivity index (χ3v) is 5.78. The molecule has 3 aliphatic carbocycles. The Bertz CT molecular complexity index is 360. The zero-order chi connectivity index (χ0) is 11.8. The van der Waals surface area contributed by atoms with Crippen molar-refractivity contribution in [1.29, 1.82) is 0 Å². The first kappa shape index (κ1) is 10.8. The van der Waals surface area contributed by atoms with Gasteiger partial charge in [0.25, 0.3) is 0 Å². The summed E-state index contributed by atoms with van der Waals surface area (Å²) in [6.45, 7) is 6.47. The molecule has 1 N–H and O–H groups in total. The minimum absolute atomic E-state index is 0.162. The smallest absolute Gasteiger partial charge is 0.145 e. The fourth-order valence-electron chi connectivity index (χ4n) is 5.43. The van der Waals surface area contributed by atoms with Crippen molar-refractivity contribution in [1.82, 2.24) is 0 Å². The summed E-state index contributed by atoms with van der Waals surface area (Å²) in [4.78, 5) is 12.8. The van der Waals surface area contributed by atoms with Crippen LogP contribution in [0.25, 0.3) is 0 Å². The SMILES string of the molecule is CC1(C)C[C@]2(C)CC[C@H]3CC(O)C[C@]32C1=O. The topological polar surface area (TPSA) is 37.3 Å². The molecule has 0 aromatic rings. The number of aliphatic hydroxyl groups excluding tert-OH is 1. The molecule has 0 bridgehead atoms. The second-order valence-electron chi connectivity index (χ2n) is 7.25. The standard InChI is InChI=1S/C14H22O2/c1-12(2)8-13(3)5-4-9-6-10(15)7-14(9,13)11(12)16/h9-10,15H,4-8H2,1-3H3/t9-,10?,13-,14+/m0/s1. The fourth-order valence-corrected chi connectivity index (χ4v) is 5.43. The monoisotopic (exact) mass is 222 g/mol. The number of ketones is 1. The van der Waals surface area contributed by atoms with Gasteiger partial charge < -0.3 is 5.11 Å². The molecular weight excluding hydrogens is 200 g/mol. The van der Waals surface area contributed by atoms with Gasteiger partial charge >= 0.3 is 0 Å². The van der Waals surface area contributed by atoms with E-state index in [0.717, 1.165) is 25.7 Å². The Morgan fingerprint density at radius 1 is 1.31 bits per heavy atom. The van der Waals surface area contributed by atoms with E-state index in [0.29, 0.717) is 11.7 Å². The summed E-state index contributed by atoms with van der Waals surface area (Å²) in [7, 11) is 0. The van der Waals surface area contributed by atoms with Crippen molar-refractivity contribution in [3.63, 3.8) is 0 Å². The van der Waals surface area contributed by atoms with Gasteiger partial charge in [0.2, 0.25) is 0 Å². The molecular formula is C14H22O2. The lowest BCUT2D eigenvalue weighted by molar-refractivity contribution is -0.135. The Balaban J connectivity index is 2.13. The number of carbonyl (C=O) groups is 1. The van der Waals surface area contributed by atoms with Crippen molar-refractivity contribution in [3.05, 3.63) is 0 Å². The number of aliphatic hydroxyl groups is 1. The molecule has 0 saturated heterocycles. The molecule has 90 valence electrons. The Morgan fingerprint density at radius 3 is 2.69 bits per heavy atom. The van der Waals surface area contributed by atoms with E-state index in [1.165, 1.54) is 6.42 Å². The van der Waals surface area contributed by atoms with Crippen molar-refractivity contribution in [2.45, 2.75) is 59.0 Å². The second kappa shape index (κ2) is 2.72. The zero-order valence-electron chi connectivity index (χ0n) is 10.5. The van der Waals surface area contributed by atoms with E-state index in [1.807, 2.05) is 0 Å². The summed E-state index contributed by atoms with van der Waals surface area (Å²) in [5.74, 6) is 0.906. The van der Waals surface area contributed by atoms with Crippen LogP contribution in [0.4, 0.5) is 0 Å². The molecule has 3 aliphatic rings.